The van der Waals surface area contributed by atoms with Gasteiger partial charge in [-0.3, -0.25) is 9.59 Å². The molecule has 1 fully saturated rings. The number of carbonyl (C=O) groups is 2. The molecule has 0 saturated carbocycles. The molecule has 0 radical (unpaired) electrons. The van der Waals surface area contributed by atoms with E-state index in [9.17, 15) is 9.59 Å². The molecule has 0 aromatic carbocycles. The predicted octanol–water partition coefficient (Wildman–Crippen LogP) is 2.78. The van der Waals surface area contributed by atoms with Gasteiger partial charge in [0.15, 0.2) is 11.6 Å². The SMILES string of the molecule is CC1=CC(C)=C(CNC(=O)c2ncnc(N3CCC[C@@H]3c3nc(C)no3)c2C)C(=O)C1. The second-order valence-electron chi connectivity index (χ2n) is 8.14. The fourth-order valence-electron chi connectivity index (χ4n) is 4.26. The largest absolute Gasteiger partial charge is 0.346 e. The van der Waals surface area contributed by atoms with Gasteiger partial charge in [0.05, 0.1) is 0 Å². The van der Waals surface area contributed by atoms with Crippen LogP contribution in [-0.4, -0.2) is 44.9 Å². The van der Waals surface area contributed by atoms with E-state index >= 15 is 0 Å². The number of hydrogen-bond acceptors (Lipinski definition) is 8. The number of anilines is 1. The van der Waals surface area contributed by atoms with Crippen molar-refractivity contribution in [2.24, 2.45) is 0 Å². The Balaban J connectivity index is 1.54. The van der Waals surface area contributed by atoms with Gasteiger partial charge in [-0.2, -0.15) is 4.98 Å². The van der Waals surface area contributed by atoms with Crippen molar-refractivity contribution >= 4 is 17.5 Å². The molecule has 1 saturated heterocycles. The molecule has 2 aliphatic rings. The summed E-state index contributed by atoms with van der Waals surface area (Å²) < 4.78 is 5.38. The molecule has 1 N–H and O–H groups in total. The van der Waals surface area contributed by atoms with Crippen molar-refractivity contribution in [3.05, 3.63) is 52.1 Å². The molecule has 9 heteroatoms. The van der Waals surface area contributed by atoms with Gasteiger partial charge in [-0.25, -0.2) is 9.97 Å². The first-order chi connectivity index (χ1) is 14.8. The summed E-state index contributed by atoms with van der Waals surface area (Å²) in [6.07, 6.45) is 5.61. The van der Waals surface area contributed by atoms with Gasteiger partial charge in [0.1, 0.15) is 23.9 Å². The van der Waals surface area contributed by atoms with E-state index in [4.69, 9.17) is 4.52 Å². The molecule has 1 atom stereocenters. The van der Waals surface area contributed by atoms with Gasteiger partial charge in [-0.1, -0.05) is 16.8 Å². The highest BCUT2D eigenvalue weighted by molar-refractivity contribution is 6.01. The van der Waals surface area contributed by atoms with E-state index in [0.29, 0.717) is 40.8 Å². The molecule has 1 aliphatic carbocycles. The number of nitrogens with zero attached hydrogens (tertiary/aromatic N) is 5. The van der Waals surface area contributed by atoms with Crippen LogP contribution in [0.3, 0.4) is 0 Å². The van der Waals surface area contributed by atoms with Crippen LogP contribution in [0, 0.1) is 13.8 Å². The number of ketones is 1. The van der Waals surface area contributed by atoms with Crippen molar-refractivity contribution in [2.45, 2.75) is 53.0 Å². The minimum atomic E-state index is -0.329. The maximum atomic E-state index is 12.9. The second-order valence-corrected chi connectivity index (χ2v) is 8.14. The number of amides is 1. The fraction of sp³-hybridized carbons (Fsp3) is 0.455. The molecular weight excluding hydrogens is 396 g/mol. The van der Waals surface area contributed by atoms with Crippen LogP contribution >= 0.6 is 0 Å². The first kappa shape index (κ1) is 20.9. The molecular formula is C22H26N6O3. The standard InChI is InChI=1S/C22H26N6O3/c1-12-8-13(2)16(18(29)9-12)10-23-21(30)19-14(3)20(25-11-24-19)28-7-5-6-17(28)22-26-15(4)27-31-22/h8,11,17H,5-7,9-10H2,1-4H3,(H,23,30)/t17-/m1/s1. The zero-order valence-electron chi connectivity index (χ0n) is 18.2. The van der Waals surface area contributed by atoms with Crippen molar-refractivity contribution in [3.8, 4) is 0 Å². The Labute approximate surface area is 180 Å². The molecule has 3 heterocycles. The molecule has 31 heavy (non-hydrogen) atoms. The lowest BCUT2D eigenvalue weighted by Crippen LogP contribution is -2.31. The lowest BCUT2D eigenvalue weighted by Gasteiger charge is -2.25. The Kier molecular flexibility index (Phi) is 5.67. The summed E-state index contributed by atoms with van der Waals surface area (Å²) in [5.41, 5.74) is 3.54. The minimum Gasteiger partial charge on any atom is -0.346 e. The highest BCUT2D eigenvalue weighted by Crippen LogP contribution is 2.36. The van der Waals surface area contributed by atoms with E-state index in [1.54, 1.807) is 6.92 Å². The van der Waals surface area contributed by atoms with Crippen molar-refractivity contribution < 1.29 is 14.1 Å². The van der Waals surface area contributed by atoms with E-state index < -0.39 is 0 Å². The van der Waals surface area contributed by atoms with Crippen LogP contribution in [0.1, 0.15) is 66.9 Å². The number of Topliss-reactive ketones (excluding diaryl/α,β-unsaturated/α-hetero) is 1. The van der Waals surface area contributed by atoms with Crippen LogP contribution in [0.25, 0.3) is 0 Å². The van der Waals surface area contributed by atoms with Crippen molar-refractivity contribution in [3.63, 3.8) is 0 Å². The van der Waals surface area contributed by atoms with Crippen LogP contribution in [0.15, 0.2) is 33.6 Å². The number of carbonyl (C=O) groups excluding carboxylic acids is 2. The zero-order valence-corrected chi connectivity index (χ0v) is 18.2. The van der Waals surface area contributed by atoms with Gasteiger partial charge < -0.3 is 14.7 Å². The summed E-state index contributed by atoms with van der Waals surface area (Å²) in [5.74, 6) is 1.55. The molecule has 4 rings (SSSR count). The molecule has 2 aromatic rings. The molecule has 0 bridgehead atoms. The topological polar surface area (TPSA) is 114 Å². The predicted molar refractivity (Wildman–Crippen MR) is 114 cm³/mol. The normalized spacial score (nSPS) is 19.1. The summed E-state index contributed by atoms with van der Waals surface area (Å²) in [7, 11) is 0. The number of nitrogens with one attached hydrogen (secondary N) is 1. The number of rotatable bonds is 5. The third kappa shape index (κ3) is 4.12. The lowest BCUT2D eigenvalue weighted by atomic mass is 9.92. The maximum Gasteiger partial charge on any atom is 0.270 e. The molecule has 162 valence electrons. The molecule has 1 aliphatic heterocycles. The summed E-state index contributed by atoms with van der Waals surface area (Å²) in [6, 6.07) is -0.0756. The van der Waals surface area contributed by atoms with E-state index in [0.717, 1.165) is 30.5 Å². The van der Waals surface area contributed by atoms with Crippen molar-refractivity contribution in [1.82, 2.24) is 25.4 Å². The number of aryl methyl sites for hydroxylation is 1. The van der Waals surface area contributed by atoms with Crippen LogP contribution in [0.2, 0.25) is 0 Å². The van der Waals surface area contributed by atoms with Gasteiger partial charge in [0.2, 0.25) is 5.89 Å². The zero-order chi connectivity index (χ0) is 22.1. The Bertz CT molecular complexity index is 1100. The molecule has 0 unspecified atom stereocenters. The monoisotopic (exact) mass is 422 g/mol. The smallest absolute Gasteiger partial charge is 0.270 e. The number of hydrogen-bond donors (Lipinski definition) is 1. The minimum absolute atomic E-state index is 0.0488. The van der Waals surface area contributed by atoms with E-state index in [1.807, 2.05) is 26.8 Å². The van der Waals surface area contributed by atoms with Gasteiger partial charge in [-0.15, -0.1) is 0 Å². The summed E-state index contributed by atoms with van der Waals surface area (Å²) in [4.78, 5) is 40.3. The molecule has 9 nitrogen and oxygen atoms in total. The quantitative estimate of drug-likeness (QED) is 0.782. The van der Waals surface area contributed by atoms with Crippen molar-refractivity contribution in [2.75, 3.05) is 18.0 Å². The molecule has 0 spiro atoms. The van der Waals surface area contributed by atoms with Crippen LogP contribution < -0.4 is 10.2 Å². The molecule has 1 amide bonds. The average Bonchev–Trinajstić information content (AvgIpc) is 3.36. The van der Waals surface area contributed by atoms with E-state index in [2.05, 4.69) is 30.3 Å². The number of aromatic nitrogens is 4. The highest BCUT2D eigenvalue weighted by Gasteiger charge is 2.33. The van der Waals surface area contributed by atoms with Crippen LogP contribution in [0.4, 0.5) is 5.82 Å². The summed E-state index contributed by atoms with van der Waals surface area (Å²) in [6.45, 7) is 8.40. The second kappa shape index (κ2) is 8.41. The highest BCUT2D eigenvalue weighted by atomic mass is 16.5. The summed E-state index contributed by atoms with van der Waals surface area (Å²) >= 11 is 0. The molecule has 2 aromatic heterocycles. The van der Waals surface area contributed by atoms with E-state index in [1.165, 1.54) is 6.33 Å². The van der Waals surface area contributed by atoms with Gasteiger partial charge in [0, 0.05) is 30.6 Å². The summed E-state index contributed by atoms with van der Waals surface area (Å²) in [5, 5.41) is 6.75. The third-order valence-electron chi connectivity index (χ3n) is 5.77. The Morgan fingerprint density at radius 2 is 2.06 bits per heavy atom. The Morgan fingerprint density at radius 3 is 2.77 bits per heavy atom. The Morgan fingerprint density at radius 1 is 1.26 bits per heavy atom. The first-order valence-corrected chi connectivity index (χ1v) is 10.4. The van der Waals surface area contributed by atoms with Gasteiger partial charge in [-0.05, 0) is 46.1 Å². The first-order valence-electron chi connectivity index (χ1n) is 10.4. The lowest BCUT2D eigenvalue weighted by molar-refractivity contribution is -0.115. The number of allylic oxidation sites excluding steroid dienone is 3. The van der Waals surface area contributed by atoms with Gasteiger partial charge in [0.25, 0.3) is 5.91 Å². The van der Waals surface area contributed by atoms with Crippen molar-refractivity contribution in [1.29, 1.82) is 0 Å². The maximum absolute atomic E-state index is 12.9. The Hall–Kier alpha value is -3.36. The van der Waals surface area contributed by atoms with E-state index in [-0.39, 0.29) is 24.3 Å². The van der Waals surface area contributed by atoms with Crippen LogP contribution in [-0.2, 0) is 4.79 Å². The third-order valence-corrected chi connectivity index (χ3v) is 5.77. The fourth-order valence-corrected chi connectivity index (χ4v) is 4.26. The van der Waals surface area contributed by atoms with Crippen LogP contribution in [0.5, 0.6) is 0 Å². The average molecular weight is 422 g/mol. The van der Waals surface area contributed by atoms with Gasteiger partial charge >= 0.3 is 0 Å².